The SMILES string of the molecule is CCOC(=O)OC(Cl)(Cl)C(Cl)[C@@H]1C(=O)N[C@@H]1SC=S. The summed E-state index contributed by atoms with van der Waals surface area (Å²) >= 11 is 23.6. The van der Waals surface area contributed by atoms with Crippen LogP contribution >= 0.6 is 58.8 Å². The molecule has 3 atom stereocenters. The summed E-state index contributed by atoms with van der Waals surface area (Å²) in [4.78, 5) is 22.6. The average molecular weight is 367 g/mol. The molecule has 10 heteroatoms. The fraction of sp³-hybridized carbons (Fsp3) is 0.667. The summed E-state index contributed by atoms with van der Waals surface area (Å²) < 4.78 is 8.54. The molecule has 1 heterocycles. The van der Waals surface area contributed by atoms with Gasteiger partial charge in [0, 0.05) is 4.70 Å². The molecule has 0 saturated carbocycles. The first-order valence-electron chi connectivity index (χ1n) is 5.10. The van der Waals surface area contributed by atoms with E-state index < -0.39 is 22.0 Å². The van der Waals surface area contributed by atoms with Crippen LogP contribution < -0.4 is 5.32 Å². The van der Waals surface area contributed by atoms with Crippen molar-refractivity contribution in [2.24, 2.45) is 5.92 Å². The lowest BCUT2D eigenvalue weighted by Gasteiger charge is -2.40. The number of amides is 1. The van der Waals surface area contributed by atoms with Gasteiger partial charge in [0.1, 0.15) is 5.38 Å². The summed E-state index contributed by atoms with van der Waals surface area (Å²) in [6.45, 7) is 1.69. The third-order valence-electron chi connectivity index (χ3n) is 2.23. The van der Waals surface area contributed by atoms with Gasteiger partial charge in [-0.05, 0) is 6.92 Å². The molecule has 1 aliphatic rings. The molecule has 1 fully saturated rings. The smallest absolute Gasteiger partial charge is 0.435 e. The summed E-state index contributed by atoms with van der Waals surface area (Å²) in [5.41, 5.74) is 0. The molecular formula is C9H10Cl3NO4S2. The monoisotopic (exact) mass is 365 g/mol. The highest BCUT2D eigenvalue weighted by atomic mass is 35.5. The van der Waals surface area contributed by atoms with E-state index in [-0.39, 0.29) is 17.9 Å². The summed E-state index contributed by atoms with van der Waals surface area (Å²) in [6, 6.07) is 0. The molecule has 5 nitrogen and oxygen atoms in total. The Balaban J connectivity index is 2.68. The van der Waals surface area contributed by atoms with Crippen molar-refractivity contribution in [2.75, 3.05) is 6.61 Å². The first kappa shape index (κ1) is 17.1. The highest BCUT2D eigenvalue weighted by molar-refractivity contribution is 8.21. The number of thiocarbonyl (C=S) groups is 1. The lowest BCUT2D eigenvalue weighted by molar-refractivity contribution is -0.133. The molecule has 1 saturated heterocycles. The highest BCUT2D eigenvalue weighted by Crippen LogP contribution is 2.41. The van der Waals surface area contributed by atoms with Gasteiger partial charge >= 0.3 is 6.16 Å². The van der Waals surface area contributed by atoms with Crippen molar-refractivity contribution in [1.29, 1.82) is 0 Å². The molecule has 108 valence electrons. The number of hydrogen-bond acceptors (Lipinski definition) is 6. The standard InChI is InChI=1S/C9H10Cl3NO4S2/c1-2-16-8(15)17-9(11,12)5(10)4-6(14)13-7(4)19-3-18/h3-5,7H,2H2,1H3,(H,13,14)/t4-,5?,7-/m1/s1. The van der Waals surface area contributed by atoms with Crippen molar-refractivity contribution in [3.8, 4) is 0 Å². The molecule has 1 aliphatic heterocycles. The maximum absolute atomic E-state index is 11.5. The van der Waals surface area contributed by atoms with Crippen LogP contribution in [0.4, 0.5) is 4.79 Å². The predicted octanol–water partition coefficient (Wildman–Crippen LogP) is 2.66. The second-order valence-electron chi connectivity index (χ2n) is 3.44. The zero-order valence-corrected chi connectivity index (χ0v) is 13.5. The Kier molecular flexibility index (Phi) is 6.46. The fourth-order valence-corrected chi connectivity index (χ4v) is 3.26. The van der Waals surface area contributed by atoms with E-state index in [2.05, 4.69) is 27.0 Å². The Morgan fingerprint density at radius 1 is 1.68 bits per heavy atom. The van der Waals surface area contributed by atoms with Crippen LogP contribution in [0.1, 0.15) is 6.92 Å². The van der Waals surface area contributed by atoms with Crippen LogP contribution in [0.25, 0.3) is 0 Å². The van der Waals surface area contributed by atoms with Crippen molar-refractivity contribution in [1.82, 2.24) is 5.32 Å². The number of thioether (sulfide) groups is 1. The van der Waals surface area contributed by atoms with Gasteiger partial charge in [0.15, 0.2) is 0 Å². The Labute approximate surface area is 134 Å². The zero-order chi connectivity index (χ0) is 14.6. The minimum Gasteiger partial charge on any atom is -0.435 e. The molecule has 1 unspecified atom stereocenters. The van der Waals surface area contributed by atoms with E-state index in [0.29, 0.717) is 0 Å². The summed E-state index contributed by atoms with van der Waals surface area (Å²) in [5.74, 6) is -1.07. The maximum Gasteiger partial charge on any atom is 0.510 e. The first-order valence-corrected chi connectivity index (χ1v) is 7.71. The van der Waals surface area contributed by atoms with E-state index in [0.717, 1.165) is 0 Å². The van der Waals surface area contributed by atoms with E-state index >= 15 is 0 Å². The van der Waals surface area contributed by atoms with Gasteiger partial charge in [-0.3, -0.25) is 4.79 Å². The van der Waals surface area contributed by atoms with E-state index in [4.69, 9.17) is 34.8 Å². The quantitative estimate of drug-likeness (QED) is 0.337. The number of rotatable bonds is 6. The molecular weight excluding hydrogens is 357 g/mol. The van der Waals surface area contributed by atoms with Crippen molar-refractivity contribution in [3.05, 3.63) is 0 Å². The van der Waals surface area contributed by atoms with Gasteiger partial charge in [-0.15, -0.1) is 11.6 Å². The Hall–Kier alpha value is 0.0500. The number of alkyl halides is 3. The number of nitrogens with one attached hydrogen (secondary N) is 1. The molecule has 0 aromatic carbocycles. The number of carbonyl (C=O) groups is 2. The molecule has 0 aliphatic carbocycles. The van der Waals surface area contributed by atoms with E-state index in [1.54, 1.807) is 6.92 Å². The van der Waals surface area contributed by atoms with Gasteiger partial charge in [0.05, 0.1) is 17.9 Å². The van der Waals surface area contributed by atoms with Crippen LogP contribution in [-0.4, -0.2) is 38.6 Å². The largest absolute Gasteiger partial charge is 0.510 e. The number of β-lactam (4-membered cyclic amide) rings is 1. The van der Waals surface area contributed by atoms with Gasteiger partial charge in [-0.1, -0.05) is 47.2 Å². The predicted molar refractivity (Wildman–Crippen MR) is 78.9 cm³/mol. The Morgan fingerprint density at radius 3 is 2.79 bits per heavy atom. The number of hydrogen-bond donors (Lipinski definition) is 1. The topological polar surface area (TPSA) is 64.6 Å². The van der Waals surface area contributed by atoms with Crippen LogP contribution in [0.3, 0.4) is 0 Å². The second-order valence-corrected chi connectivity index (χ2v) is 6.77. The van der Waals surface area contributed by atoms with Crippen molar-refractivity contribution >= 4 is 75.5 Å². The fourth-order valence-electron chi connectivity index (χ4n) is 1.36. The maximum atomic E-state index is 11.5. The van der Waals surface area contributed by atoms with E-state index in [1.807, 2.05) is 0 Å². The van der Waals surface area contributed by atoms with Crippen LogP contribution in [0.2, 0.25) is 0 Å². The number of halogens is 3. The Morgan fingerprint density at radius 2 is 2.32 bits per heavy atom. The van der Waals surface area contributed by atoms with Gasteiger partial charge in [0.25, 0.3) is 4.52 Å². The third kappa shape index (κ3) is 4.26. The van der Waals surface area contributed by atoms with Gasteiger partial charge in [-0.25, -0.2) is 4.79 Å². The van der Waals surface area contributed by atoms with Gasteiger partial charge in [0.2, 0.25) is 5.91 Å². The van der Waals surface area contributed by atoms with Crippen LogP contribution in [-0.2, 0) is 14.3 Å². The van der Waals surface area contributed by atoms with Gasteiger partial charge in [-0.2, -0.15) is 0 Å². The first-order chi connectivity index (χ1) is 8.83. The van der Waals surface area contributed by atoms with E-state index in [9.17, 15) is 9.59 Å². The molecule has 0 aromatic heterocycles. The average Bonchev–Trinajstić information content (AvgIpc) is 2.27. The summed E-state index contributed by atoms with van der Waals surface area (Å²) in [6.07, 6.45) is -1.06. The Bertz CT molecular complexity index is 380. The summed E-state index contributed by atoms with van der Waals surface area (Å²) in [5, 5.41) is 1.09. The van der Waals surface area contributed by atoms with Crippen molar-refractivity contribution in [3.63, 3.8) is 0 Å². The lowest BCUT2D eigenvalue weighted by Crippen LogP contribution is -2.62. The molecule has 1 amide bonds. The van der Waals surface area contributed by atoms with Crippen LogP contribution in [0, 0.1) is 5.92 Å². The molecule has 0 spiro atoms. The minimum absolute atomic E-state index is 0.100. The molecule has 0 aromatic rings. The van der Waals surface area contributed by atoms with E-state index in [1.165, 1.54) is 16.5 Å². The molecule has 19 heavy (non-hydrogen) atoms. The van der Waals surface area contributed by atoms with Crippen LogP contribution in [0.15, 0.2) is 0 Å². The van der Waals surface area contributed by atoms with Gasteiger partial charge < -0.3 is 14.8 Å². The zero-order valence-electron chi connectivity index (χ0n) is 9.60. The van der Waals surface area contributed by atoms with Crippen molar-refractivity contribution < 1.29 is 19.1 Å². The normalized spacial score (nSPS) is 23.9. The molecule has 0 bridgehead atoms. The molecule has 0 radical (unpaired) electrons. The third-order valence-corrected chi connectivity index (χ3v) is 4.81. The molecule has 1 N–H and O–H groups in total. The molecule has 1 rings (SSSR count). The number of ether oxygens (including phenoxy) is 2. The van der Waals surface area contributed by atoms with Crippen LogP contribution in [0.5, 0.6) is 0 Å². The lowest BCUT2D eigenvalue weighted by atomic mass is 9.97. The minimum atomic E-state index is -2.07. The highest BCUT2D eigenvalue weighted by Gasteiger charge is 2.53. The second kappa shape index (κ2) is 7.17. The summed E-state index contributed by atoms with van der Waals surface area (Å²) in [7, 11) is 0. The van der Waals surface area contributed by atoms with Crippen molar-refractivity contribution in [2.45, 2.75) is 22.2 Å². The number of carbonyl (C=O) groups excluding carboxylic acids is 2.